The second-order valence-corrected chi connectivity index (χ2v) is 3.65. The standard InChI is InChI=1S/C9H19NO/c1-8(2)10-11-9-6-4-3-5-7-9/h8-10H,3-7H2,1-2H3. The van der Waals surface area contributed by atoms with Crippen LogP contribution < -0.4 is 5.48 Å². The molecule has 1 aliphatic carbocycles. The van der Waals surface area contributed by atoms with Gasteiger partial charge >= 0.3 is 0 Å². The summed E-state index contributed by atoms with van der Waals surface area (Å²) in [6.45, 7) is 4.20. The lowest BCUT2D eigenvalue weighted by Gasteiger charge is -2.22. The van der Waals surface area contributed by atoms with Crippen LogP contribution in [0.5, 0.6) is 0 Å². The molecule has 2 nitrogen and oxygen atoms in total. The Bertz CT molecular complexity index is 97.7. The molecule has 1 rings (SSSR count). The molecule has 0 aromatic heterocycles. The van der Waals surface area contributed by atoms with E-state index < -0.39 is 0 Å². The molecule has 1 aliphatic rings. The molecule has 66 valence electrons. The molecule has 0 unspecified atom stereocenters. The quantitative estimate of drug-likeness (QED) is 0.634. The van der Waals surface area contributed by atoms with Crippen LogP contribution in [0.15, 0.2) is 0 Å². The molecule has 1 N–H and O–H groups in total. The highest BCUT2D eigenvalue weighted by molar-refractivity contribution is 4.64. The summed E-state index contributed by atoms with van der Waals surface area (Å²) in [6, 6.07) is 0.442. The Kier molecular flexibility index (Phi) is 3.87. The van der Waals surface area contributed by atoms with Crippen LogP contribution in [-0.4, -0.2) is 12.1 Å². The first-order chi connectivity index (χ1) is 5.29. The molecule has 0 amide bonds. The molecular formula is C9H19NO. The average Bonchev–Trinajstić information content (AvgIpc) is 2.03. The first-order valence-electron chi connectivity index (χ1n) is 4.70. The van der Waals surface area contributed by atoms with Gasteiger partial charge in [-0.15, -0.1) is 0 Å². The highest BCUT2D eigenvalue weighted by Gasteiger charge is 2.13. The second kappa shape index (κ2) is 4.73. The number of hydrogen-bond donors (Lipinski definition) is 1. The van der Waals surface area contributed by atoms with E-state index >= 15 is 0 Å². The van der Waals surface area contributed by atoms with Gasteiger partial charge in [0, 0.05) is 6.04 Å². The SMILES string of the molecule is CC(C)NOC1CCCCC1. The van der Waals surface area contributed by atoms with Crippen molar-refractivity contribution in [1.29, 1.82) is 0 Å². The van der Waals surface area contributed by atoms with Crippen molar-refractivity contribution >= 4 is 0 Å². The van der Waals surface area contributed by atoms with Crippen molar-refractivity contribution in [1.82, 2.24) is 5.48 Å². The minimum atomic E-state index is 0.442. The number of hydrogen-bond acceptors (Lipinski definition) is 2. The first kappa shape index (κ1) is 9.01. The predicted molar refractivity (Wildman–Crippen MR) is 46.2 cm³/mol. The Hall–Kier alpha value is -0.0800. The van der Waals surface area contributed by atoms with Crippen molar-refractivity contribution in [3.05, 3.63) is 0 Å². The van der Waals surface area contributed by atoms with Crippen LogP contribution in [0.25, 0.3) is 0 Å². The maximum atomic E-state index is 5.49. The zero-order valence-electron chi connectivity index (χ0n) is 7.60. The molecule has 0 bridgehead atoms. The van der Waals surface area contributed by atoms with Gasteiger partial charge in [0.15, 0.2) is 0 Å². The summed E-state index contributed by atoms with van der Waals surface area (Å²) in [4.78, 5) is 5.49. The minimum absolute atomic E-state index is 0.442. The van der Waals surface area contributed by atoms with E-state index in [0.717, 1.165) is 0 Å². The first-order valence-corrected chi connectivity index (χ1v) is 4.70. The van der Waals surface area contributed by atoms with Crippen LogP contribution in [0, 0.1) is 0 Å². The third kappa shape index (κ3) is 3.73. The van der Waals surface area contributed by atoms with Gasteiger partial charge in [-0.25, -0.2) is 0 Å². The van der Waals surface area contributed by atoms with Gasteiger partial charge in [0.1, 0.15) is 0 Å². The normalized spacial score (nSPS) is 21.0. The van der Waals surface area contributed by atoms with Gasteiger partial charge in [0.2, 0.25) is 0 Å². The van der Waals surface area contributed by atoms with E-state index in [1.165, 1.54) is 32.1 Å². The van der Waals surface area contributed by atoms with Gasteiger partial charge in [-0.3, -0.25) is 4.84 Å². The van der Waals surface area contributed by atoms with E-state index in [-0.39, 0.29) is 0 Å². The van der Waals surface area contributed by atoms with Crippen LogP contribution in [-0.2, 0) is 4.84 Å². The monoisotopic (exact) mass is 157 g/mol. The molecule has 0 aromatic rings. The Morgan fingerprint density at radius 2 is 1.82 bits per heavy atom. The smallest absolute Gasteiger partial charge is 0.0790 e. The van der Waals surface area contributed by atoms with E-state index in [2.05, 4.69) is 19.3 Å². The Morgan fingerprint density at radius 3 is 2.36 bits per heavy atom. The van der Waals surface area contributed by atoms with E-state index in [4.69, 9.17) is 4.84 Å². The Balaban J connectivity index is 2.05. The zero-order chi connectivity index (χ0) is 8.10. The van der Waals surface area contributed by atoms with Crippen LogP contribution in [0.2, 0.25) is 0 Å². The van der Waals surface area contributed by atoms with Gasteiger partial charge in [-0.1, -0.05) is 19.3 Å². The molecule has 0 heterocycles. The number of hydroxylamine groups is 1. The molecule has 0 radical (unpaired) electrons. The van der Waals surface area contributed by atoms with E-state index in [0.29, 0.717) is 12.1 Å². The van der Waals surface area contributed by atoms with Crippen molar-refractivity contribution in [3.8, 4) is 0 Å². The lowest BCUT2D eigenvalue weighted by Crippen LogP contribution is -2.30. The Labute approximate surface area is 69.3 Å². The molecular weight excluding hydrogens is 138 g/mol. The molecule has 0 atom stereocenters. The maximum Gasteiger partial charge on any atom is 0.0790 e. The lowest BCUT2D eigenvalue weighted by atomic mass is 9.98. The molecule has 0 aliphatic heterocycles. The fourth-order valence-electron chi connectivity index (χ4n) is 1.42. The second-order valence-electron chi connectivity index (χ2n) is 3.65. The van der Waals surface area contributed by atoms with Crippen LogP contribution in [0.3, 0.4) is 0 Å². The molecule has 0 aromatic carbocycles. The summed E-state index contributed by atoms with van der Waals surface area (Å²) >= 11 is 0. The third-order valence-electron chi connectivity index (χ3n) is 2.02. The molecule has 1 fully saturated rings. The lowest BCUT2D eigenvalue weighted by molar-refractivity contribution is -0.0536. The summed E-state index contributed by atoms with van der Waals surface area (Å²) in [6.07, 6.45) is 7.02. The van der Waals surface area contributed by atoms with E-state index in [1.807, 2.05) is 0 Å². The predicted octanol–water partition coefficient (Wildman–Crippen LogP) is 2.25. The summed E-state index contributed by atoms with van der Waals surface area (Å²) in [5, 5.41) is 0. The van der Waals surface area contributed by atoms with Gasteiger partial charge in [0.25, 0.3) is 0 Å². The fourth-order valence-corrected chi connectivity index (χ4v) is 1.42. The van der Waals surface area contributed by atoms with Crippen LogP contribution >= 0.6 is 0 Å². The Morgan fingerprint density at radius 1 is 1.18 bits per heavy atom. The molecule has 0 spiro atoms. The van der Waals surface area contributed by atoms with E-state index in [1.54, 1.807) is 0 Å². The van der Waals surface area contributed by atoms with Crippen LogP contribution in [0.1, 0.15) is 46.0 Å². The van der Waals surface area contributed by atoms with Crippen molar-refractivity contribution in [3.63, 3.8) is 0 Å². The van der Waals surface area contributed by atoms with Crippen LogP contribution in [0.4, 0.5) is 0 Å². The molecule has 2 heteroatoms. The summed E-state index contributed by atoms with van der Waals surface area (Å²) < 4.78 is 0. The zero-order valence-corrected chi connectivity index (χ0v) is 7.60. The highest BCUT2D eigenvalue weighted by atomic mass is 16.7. The average molecular weight is 157 g/mol. The number of rotatable bonds is 3. The maximum absolute atomic E-state index is 5.49. The third-order valence-corrected chi connectivity index (χ3v) is 2.02. The topological polar surface area (TPSA) is 21.3 Å². The van der Waals surface area contributed by atoms with Crippen molar-refractivity contribution in [2.24, 2.45) is 0 Å². The summed E-state index contributed by atoms with van der Waals surface area (Å²) in [5.41, 5.74) is 3.02. The van der Waals surface area contributed by atoms with Gasteiger partial charge in [0.05, 0.1) is 6.10 Å². The van der Waals surface area contributed by atoms with Crippen molar-refractivity contribution < 1.29 is 4.84 Å². The number of nitrogens with one attached hydrogen (secondary N) is 1. The fraction of sp³-hybridized carbons (Fsp3) is 1.00. The van der Waals surface area contributed by atoms with Crippen molar-refractivity contribution in [2.45, 2.75) is 58.1 Å². The summed E-state index contributed by atoms with van der Waals surface area (Å²) in [5.74, 6) is 0. The minimum Gasteiger partial charge on any atom is -0.298 e. The largest absolute Gasteiger partial charge is 0.298 e. The molecule has 11 heavy (non-hydrogen) atoms. The summed E-state index contributed by atoms with van der Waals surface area (Å²) in [7, 11) is 0. The molecule has 1 saturated carbocycles. The van der Waals surface area contributed by atoms with Gasteiger partial charge < -0.3 is 0 Å². The van der Waals surface area contributed by atoms with E-state index in [9.17, 15) is 0 Å². The van der Waals surface area contributed by atoms with Gasteiger partial charge in [-0.2, -0.15) is 5.48 Å². The highest BCUT2D eigenvalue weighted by Crippen LogP contribution is 2.19. The molecule has 0 saturated heterocycles. The van der Waals surface area contributed by atoms with Crippen molar-refractivity contribution in [2.75, 3.05) is 0 Å². The van der Waals surface area contributed by atoms with Gasteiger partial charge in [-0.05, 0) is 26.7 Å².